The lowest BCUT2D eigenvalue weighted by molar-refractivity contribution is 0.123. The van der Waals surface area contributed by atoms with Crippen LogP contribution in [0.3, 0.4) is 0 Å². The number of benzene rings is 2. The van der Waals surface area contributed by atoms with Crippen molar-refractivity contribution in [2.24, 2.45) is 5.92 Å². The molecule has 0 N–H and O–H groups in total. The Bertz CT molecular complexity index is 611. The summed E-state index contributed by atoms with van der Waals surface area (Å²) in [6.45, 7) is 4.37. The minimum atomic E-state index is 0.313. The first-order valence-electron chi connectivity index (χ1n) is 8.56. The first kappa shape index (κ1) is 15.1. The van der Waals surface area contributed by atoms with E-state index in [1.807, 2.05) is 0 Å². The van der Waals surface area contributed by atoms with Gasteiger partial charge in [-0.25, -0.2) is 0 Å². The van der Waals surface area contributed by atoms with Gasteiger partial charge in [-0.1, -0.05) is 61.2 Å². The van der Waals surface area contributed by atoms with Crippen LogP contribution in [0.1, 0.15) is 44.6 Å². The lowest BCUT2D eigenvalue weighted by atomic mass is 9.86. The zero-order chi connectivity index (χ0) is 15.4. The molecule has 3 rings (SSSR count). The van der Waals surface area contributed by atoms with Gasteiger partial charge in [0, 0.05) is 0 Å². The summed E-state index contributed by atoms with van der Waals surface area (Å²) in [6, 6.07) is 17.2. The molecule has 0 bridgehead atoms. The molecule has 0 heterocycles. The van der Waals surface area contributed by atoms with Gasteiger partial charge >= 0.3 is 0 Å². The maximum atomic E-state index is 6.25. The van der Waals surface area contributed by atoms with Crippen molar-refractivity contribution < 1.29 is 4.74 Å². The number of rotatable bonds is 4. The Labute approximate surface area is 134 Å². The van der Waals surface area contributed by atoms with Crippen molar-refractivity contribution in [3.63, 3.8) is 0 Å². The van der Waals surface area contributed by atoms with Crippen LogP contribution in [0.5, 0.6) is 5.75 Å². The van der Waals surface area contributed by atoms with Gasteiger partial charge < -0.3 is 4.74 Å². The van der Waals surface area contributed by atoms with E-state index >= 15 is 0 Å². The molecule has 0 aromatic heterocycles. The highest BCUT2D eigenvalue weighted by atomic mass is 16.5. The molecule has 116 valence electrons. The molecule has 2 aromatic rings. The molecule has 0 radical (unpaired) electrons. The largest absolute Gasteiger partial charge is 0.490 e. The normalized spacial score (nSPS) is 17.2. The molecular formula is C21H26O. The van der Waals surface area contributed by atoms with Gasteiger partial charge in [-0.3, -0.25) is 0 Å². The van der Waals surface area contributed by atoms with Crippen LogP contribution in [0.2, 0.25) is 0 Å². The van der Waals surface area contributed by atoms with Crippen molar-refractivity contribution in [2.75, 3.05) is 0 Å². The highest BCUT2D eigenvalue weighted by Gasteiger charge is 2.21. The summed E-state index contributed by atoms with van der Waals surface area (Å²) in [5.41, 5.74) is 3.78. The zero-order valence-electron chi connectivity index (χ0n) is 13.7. The molecule has 1 fully saturated rings. The van der Waals surface area contributed by atoms with Crippen molar-refractivity contribution in [1.82, 2.24) is 0 Å². The second kappa shape index (κ2) is 7.00. The molecule has 0 amide bonds. The van der Waals surface area contributed by atoms with Crippen LogP contribution in [-0.4, -0.2) is 6.10 Å². The van der Waals surface area contributed by atoms with Gasteiger partial charge in [-0.2, -0.15) is 0 Å². The van der Waals surface area contributed by atoms with Gasteiger partial charge in [0.2, 0.25) is 0 Å². The second-order valence-electron chi connectivity index (χ2n) is 6.62. The van der Waals surface area contributed by atoms with Gasteiger partial charge in [0.15, 0.2) is 0 Å². The van der Waals surface area contributed by atoms with Crippen LogP contribution in [0.25, 0.3) is 11.1 Å². The summed E-state index contributed by atoms with van der Waals surface area (Å²) in [4.78, 5) is 0. The molecule has 1 heteroatoms. The van der Waals surface area contributed by atoms with Crippen LogP contribution in [0.15, 0.2) is 48.5 Å². The van der Waals surface area contributed by atoms with E-state index in [1.54, 1.807) is 0 Å². The summed E-state index contributed by atoms with van der Waals surface area (Å²) in [5.74, 6) is 1.72. The highest BCUT2D eigenvalue weighted by molar-refractivity contribution is 5.65. The Morgan fingerprint density at radius 3 is 2.32 bits per heavy atom. The van der Waals surface area contributed by atoms with E-state index in [2.05, 4.69) is 62.4 Å². The average Bonchev–Trinajstić information content (AvgIpc) is 2.56. The van der Waals surface area contributed by atoms with E-state index in [0.717, 1.165) is 11.7 Å². The van der Waals surface area contributed by atoms with Crippen molar-refractivity contribution in [3.05, 3.63) is 54.1 Å². The predicted octanol–water partition coefficient (Wildman–Crippen LogP) is 6.01. The summed E-state index contributed by atoms with van der Waals surface area (Å²) in [7, 11) is 0. The summed E-state index contributed by atoms with van der Waals surface area (Å²) >= 11 is 0. The molecule has 1 aliphatic carbocycles. The molecule has 0 saturated heterocycles. The van der Waals surface area contributed by atoms with Crippen LogP contribution in [-0.2, 0) is 0 Å². The third-order valence-corrected chi connectivity index (χ3v) is 4.82. The Hall–Kier alpha value is -1.76. The van der Waals surface area contributed by atoms with E-state index < -0.39 is 0 Å². The molecule has 1 atom stereocenters. The summed E-state index contributed by atoms with van der Waals surface area (Å²) < 4.78 is 6.25. The number of aryl methyl sites for hydroxylation is 1. The monoisotopic (exact) mass is 294 g/mol. The minimum Gasteiger partial charge on any atom is -0.490 e. The summed E-state index contributed by atoms with van der Waals surface area (Å²) in [6.07, 6.45) is 7.07. The number of hydrogen-bond donors (Lipinski definition) is 0. The fourth-order valence-electron chi connectivity index (χ4n) is 3.49. The molecule has 22 heavy (non-hydrogen) atoms. The molecule has 1 aliphatic rings. The third kappa shape index (κ3) is 3.71. The Balaban J connectivity index is 1.73. The molecule has 0 aliphatic heterocycles. The second-order valence-corrected chi connectivity index (χ2v) is 6.62. The topological polar surface area (TPSA) is 9.23 Å². The maximum Gasteiger partial charge on any atom is 0.120 e. The van der Waals surface area contributed by atoms with Crippen LogP contribution >= 0.6 is 0 Å². The fourth-order valence-corrected chi connectivity index (χ4v) is 3.49. The lowest BCUT2D eigenvalue weighted by Crippen LogP contribution is -2.25. The van der Waals surface area contributed by atoms with Crippen molar-refractivity contribution in [3.8, 4) is 16.9 Å². The third-order valence-electron chi connectivity index (χ3n) is 4.82. The average molecular weight is 294 g/mol. The standard InChI is InChI=1S/C21H26O/c1-16-8-6-11-19(14-16)20-12-7-13-21(15-20)22-17(2)18-9-4-3-5-10-18/h6-8,11-15,17-18H,3-5,9-10H2,1-2H3. The van der Waals surface area contributed by atoms with Crippen molar-refractivity contribution >= 4 is 0 Å². The molecular weight excluding hydrogens is 268 g/mol. The van der Waals surface area contributed by atoms with Crippen LogP contribution < -0.4 is 4.74 Å². The van der Waals surface area contributed by atoms with E-state index in [4.69, 9.17) is 4.74 Å². The summed E-state index contributed by atoms with van der Waals surface area (Å²) in [5, 5.41) is 0. The van der Waals surface area contributed by atoms with Gasteiger partial charge in [0.25, 0.3) is 0 Å². The Morgan fingerprint density at radius 1 is 0.909 bits per heavy atom. The minimum absolute atomic E-state index is 0.313. The molecule has 1 unspecified atom stereocenters. The predicted molar refractivity (Wildman–Crippen MR) is 93.3 cm³/mol. The van der Waals surface area contributed by atoms with Crippen molar-refractivity contribution in [2.45, 2.75) is 52.1 Å². The van der Waals surface area contributed by atoms with Crippen LogP contribution in [0.4, 0.5) is 0 Å². The van der Waals surface area contributed by atoms with Gasteiger partial charge in [-0.05, 0) is 55.9 Å². The quantitative estimate of drug-likeness (QED) is 0.671. The number of ether oxygens (including phenoxy) is 1. The number of hydrogen-bond acceptors (Lipinski definition) is 1. The molecule has 1 nitrogen and oxygen atoms in total. The van der Waals surface area contributed by atoms with Gasteiger partial charge in [0.1, 0.15) is 5.75 Å². The van der Waals surface area contributed by atoms with E-state index in [1.165, 1.54) is 48.8 Å². The van der Waals surface area contributed by atoms with Crippen LogP contribution in [0, 0.1) is 12.8 Å². The van der Waals surface area contributed by atoms with E-state index in [9.17, 15) is 0 Å². The van der Waals surface area contributed by atoms with Crippen molar-refractivity contribution in [1.29, 1.82) is 0 Å². The zero-order valence-corrected chi connectivity index (χ0v) is 13.7. The highest BCUT2D eigenvalue weighted by Crippen LogP contribution is 2.30. The van der Waals surface area contributed by atoms with Gasteiger partial charge in [-0.15, -0.1) is 0 Å². The Morgan fingerprint density at radius 2 is 1.59 bits per heavy atom. The maximum absolute atomic E-state index is 6.25. The first-order valence-corrected chi connectivity index (χ1v) is 8.56. The van der Waals surface area contributed by atoms with E-state index in [-0.39, 0.29) is 0 Å². The molecule has 0 spiro atoms. The smallest absolute Gasteiger partial charge is 0.120 e. The SMILES string of the molecule is Cc1cccc(-c2cccc(OC(C)C3CCCCC3)c2)c1. The fraction of sp³-hybridized carbons (Fsp3) is 0.429. The van der Waals surface area contributed by atoms with Gasteiger partial charge in [0.05, 0.1) is 6.10 Å². The molecule has 2 aromatic carbocycles. The molecule has 1 saturated carbocycles. The Kier molecular flexibility index (Phi) is 4.82. The lowest BCUT2D eigenvalue weighted by Gasteiger charge is -2.28. The first-order chi connectivity index (χ1) is 10.7. The van der Waals surface area contributed by atoms with E-state index in [0.29, 0.717) is 6.10 Å².